The molecule has 0 amide bonds. The number of nitrogens with one attached hydrogen (secondary N) is 1. The van der Waals surface area contributed by atoms with Crippen molar-refractivity contribution in [2.75, 3.05) is 0 Å². The highest BCUT2D eigenvalue weighted by atomic mass is 14.9. The van der Waals surface area contributed by atoms with Crippen molar-refractivity contribution < 1.29 is 0 Å². The summed E-state index contributed by atoms with van der Waals surface area (Å²) in [6, 6.07) is 9.28. The second kappa shape index (κ2) is 5.82. The lowest BCUT2D eigenvalue weighted by molar-refractivity contribution is 0.533. The van der Waals surface area contributed by atoms with E-state index in [0.29, 0.717) is 6.04 Å². The van der Waals surface area contributed by atoms with E-state index in [1.54, 1.807) is 0 Å². The number of rotatable bonds is 5. The molecule has 0 saturated heterocycles. The molecule has 1 aromatic carbocycles. The lowest BCUT2D eigenvalue weighted by Gasteiger charge is -2.13. The Morgan fingerprint density at radius 1 is 1.14 bits per heavy atom. The first kappa shape index (κ1) is 11.3. The molecule has 1 atom stereocenters. The Labute approximate surface area is 87.5 Å². The predicted octanol–water partition coefficient (Wildman–Crippen LogP) is 3.14. The van der Waals surface area contributed by atoms with Crippen molar-refractivity contribution in [1.29, 1.82) is 0 Å². The van der Waals surface area contributed by atoms with Gasteiger partial charge in [0.25, 0.3) is 0 Å². The molecule has 0 aliphatic heterocycles. The van der Waals surface area contributed by atoms with Crippen LogP contribution in [-0.4, -0.2) is 6.04 Å². The summed E-state index contributed by atoms with van der Waals surface area (Å²) in [4.78, 5) is 0. The van der Waals surface area contributed by atoms with Crippen molar-refractivity contribution in [1.82, 2.24) is 5.32 Å². The third-order valence-corrected chi connectivity index (χ3v) is 2.75. The van der Waals surface area contributed by atoms with E-state index in [4.69, 9.17) is 0 Å². The Hall–Kier alpha value is -0.820. The molecule has 1 aromatic rings. The van der Waals surface area contributed by atoms with Gasteiger partial charge in [-0.1, -0.05) is 38.1 Å². The second-order valence-corrected chi connectivity index (χ2v) is 3.81. The van der Waals surface area contributed by atoms with Gasteiger partial charge in [0, 0.05) is 12.6 Å². The van der Waals surface area contributed by atoms with Crippen molar-refractivity contribution in [3.63, 3.8) is 0 Å². The van der Waals surface area contributed by atoms with E-state index in [0.717, 1.165) is 13.0 Å². The molecule has 1 rings (SSSR count). The molecule has 0 radical (unpaired) electrons. The van der Waals surface area contributed by atoms with Gasteiger partial charge in [-0.25, -0.2) is 0 Å². The lowest BCUT2D eigenvalue weighted by Crippen LogP contribution is -2.24. The molecule has 1 N–H and O–H groups in total. The SMILES string of the molecule is CCc1ccccc1CNC(C)CC. The molecule has 14 heavy (non-hydrogen) atoms. The number of hydrogen-bond acceptors (Lipinski definition) is 1. The maximum Gasteiger partial charge on any atom is 0.0210 e. The third-order valence-electron chi connectivity index (χ3n) is 2.75. The van der Waals surface area contributed by atoms with E-state index in [-0.39, 0.29) is 0 Å². The quantitative estimate of drug-likeness (QED) is 0.754. The van der Waals surface area contributed by atoms with Crippen LogP contribution < -0.4 is 5.32 Å². The highest BCUT2D eigenvalue weighted by Crippen LogP contribution is 2.09. The zero-order valence-electron chi connectivity index (χ0n) is 9.51. The van der Waals surface area contributed by atoms with Gasteiger partial charge in [-0.15, -0.1) is 0 Å². The highest BCUT2D eigenvalue weighted by Gasteiger charge is 2.01. The standard InChI is InChI=1S/C13H21N/c1-4-11(3)14-10-13-9-7-6-8-12(13)5-2/h6-9,11,14H,4-5,10H2,1-3H3. The molecule has 0 heterocycles. The van der Waals surface area contributed by atoms with E-state index >= 15 is 0 Å². The monoisotopic (exact) mass is 191 g/mol. The van der Waals surface area contributed by atoms with Gasteiger partial charge in [-0.2, -0.15) is 0 Å². The zero-order chi connectivity index (χ0) is 10.4. The molecule has 0 fully saturated rings. The summed E-state index contributed by atoms with van der Waals surface area (Å²) in [6.45, 7) is 7.65. The predicted molar refractivity (Wildman–Crippen MR) is 62.4 cm³/mol. The van der Waals surface area contributed by atoms with Crippen LogP contribution in [0.5, 0.6) is 0 Å². The normalized spacial score (nSPS) is 12.8. The van der Waals surface area contributed by atoms with Crippen LogP contribution in [-0.2, 0) is 13.0 Å². The van der Waals surface area contributed by atoms with Crippen molar-refractivity contribution in [2.45, 2.75) is 46.2 Å². The van der Waals surface area contributed by atoms with Crippen molar-refractivity contribution in [3.05, 3.63) is 35.4 Å². The molecule has 0 spiro atoms. The minimum Gasteiger partial charge on any atom is -0.310 e. The zero-order valence-corrected chi connectivity index (χ0v) is 9.51. The summed E-state index contributed by atoms with van der Waals surface area (Å²) >= 11 is 0. The molecular formula is C13H21N. The average Bonchev–Trinajstić information content (AvgIpc) is 2.26. The molecule has 0 saturated carbocycles. The first-order valence-electron chi connectivity index (χ1n) is 5.58. The molecular weight excluding hydrogens is 170 g/mol. The van der Waals surface area contributed by atoms with Gasteiger partial charge in [0.2, 0.25) is 0 Å². The first-order chi connectivity index (χ1) is 6.77. The van der Waals surface area contributed by atoms with Crippen molar-refractivity contribution in [2.24, 2.45) is 0 Å². The van der Waals surface area contributed by atoms with Gasteiger partial charge in [0.1, 0.15) is 0 Å². The topological polar surface area (TPSA) is 12.0 Å². The van der Waals surface area contributed by atoms with Crippen LogP contribution >= 0.6 is 0 Å². The molecule has 0 aromatic heterocycles. The summed E-state index contributed by atoms with van der Waals surface area (Å²) in [5.74, 6) is 0. The Kier molecular flexibility index (Phi) is 4.68. The Balaban J connectivity index is 2.57. The lowest BCUT2D eigenvalue weighted by atomic mass is 10.1. The Morgan fingerprint density at radius 3 is 2.36 bits per heavy atom. The minimum absolute atomic E-state index is 0.611. The Morgan fingerprint density at radius 2 is 1.79 bits per heavy atom. The van der Waals surface area contributed by atoms with Gasteiger partial charge in [0.05, 0.1) is 0 Å². The summed E-state index contributed by atoms with van der Waals surface area (Å²) in [6.07, 6.45) is 2.31. The van der Waals surface area contributed by atoms with Crippen LogP contribution in [0.25, 0.3) is 0 Å². The number of benzene rings is 1. The molecule has 78 valence electrons. The molecule has 1 heteroatoms. The molecule has 0 aliphatic carbocycles. The van der Waals surface area contributed by atoms with E-state index in [2.05, 4.69) is 50.4 Å². The fourth-order valence-electron chi connectivity index (χ4n) is 1.50. The van der Waals surface area contributed by atoms with Crippen LogP contribution in [0.2, 0.25) is 0 Å². The summed E-state index contributed by atoms with van der Waals surface area (Å²) < 4.78 is 0. The van der Waals surface area contributed by atoms with Crippen molar-refractivity contribution in [3.8, 4) is 0 Å². The van der Waals surface area contributed by atoms with Gasteiger partial charge in [0.15, 0.2) is 0 Å². The maximum atomic E-state index is 3.52. The summed E-state index contributed by atoms with van der Waals surface area (Å²) in [5.41, 5.74) is 2.90. The molecule has 0 aliphatic rings. The molecule has 0 bridgehead atoms. The van der Waals surface area contributed by atoms with E-state index in [9.17, 15) is 0 Å². The fourth-order valence-corrected chi connectivity index (χ4v) is 1.50. The smallest absolute Gasteiger partial charge is 0.0210 e. The van der Waals surface area contributed by atoms with Gasteiger partial charge >= 0.3 is 0 Å². The molecule has 1 nitrogen and oxygen atoms in total. The molecule has 1 unspecified atom stereocenters. The van der Waals surface area contributed by atoms with Crippen LogP contribution in [0, 0.1) is 0 Å². The minimum atomic E-state index is 0.611. The van der Waals surface area contributed by atoms with Crippen LogP contribution in [0.1, 0.15) is 38.3 Å². The van der Waals surface area contributed by atoms with E-state index in [1.165, 1.54) is 17.5 Å². The first-order valence-corrected chi connectivity index (χ1v) is 5.58. The number of hydrogen-bond donors (Lipinski definition) is 1. The average molecular weight is 191 g/mol. The summed E-state index contributed by atoms with van der Waals surface area (Å²) in [5, 5.41) is 3.52. The number of aryl methyl sites for hydroxylation is 1. The van der Waals surface area contributed by atoms with Crippen LogP contribution in [0.4, 0.5) is 0 Å². The van der Waals surface area contributed by atoms with Gasteiger partial charge in [-0.3, -0.25) is 0 Å². The third kappa shape index (κ3) is 3.15. The second-order valence-electron chi connectivity index (χ2n) is 3.81. The Bertz CT molecular complexity index is 268. The van der Waals surface area contributed by atoms with E-state index in [1.807, 2.05) is 0 Å². The fraction of sp³-hybridized carbons (Fsp3) is 0.538. The van der Waals surface area contributed by atoms with Crippen LogP contribution in [0.15, 0.2) is 24.3 Å². The van der Waals surface area contributed by atoms with Crippen LogP contribution in [0.3, 0.4) is 0 Å². The van der Waals surface area contributed by atoms with Gasteiger partial charge in [-0.05, 0) is 30.9 Å². The highest BCUT2D eigenvalue weighted by molar-refractivity contribution is 5.26. The largest absolute Gasteiger partial charge is 0.310 e. The van der Waals surface area contributed by atoms with Crippen molar-refractivity contribution >= 4 is 0 Å². The maximum absolute atomic E-state index is 3.52. The summed E-state index contributed by atoms with van der Waals surface area (Å²) in [7, 11) is 0. The van der Waals surface area contributed by atoms with E-state index < -0.39 is 0 Å². The van der Waals surface area contributed by atoms with Gasteiger partial charge < -0.3 is 5.32 Å².